The van der Waals surface area contributed by atoms with E-state index in [1.54, 1.807) is 19.2 Å². The van der Waals surface area contributed by atoms with E-state index in [1.807, 2.05) is 57.2 Å². The molecule has 0 aliphatic carbocycles. The lowest BCUT2D eigenvalue weighted by atomic mass is 9.91. The molecule has 0 fully saturated rings. The van der Waals surface area contributed by atoms with Crippen molar-refractivity contribution in [1.82, 2.24) is 0 Å². The normalized spacial score (nSPS) is 16.8. The molecule has 0 bridgehead atoms. The zero-order chi connectivity index (χ0) is 20.4. The first kappa shape index (κ1) is 19.7. The molecule has 5 heteroatoms. The van der Waals surface area contributed by atoms with Gasteiger partial charge in [0.1, 0.15) is 5.75 Å². The maximum absolute atomic E-state index is 13.0. The minimum absolute atomic E-state index is 0.106. The Hall–Kier alpha value is -3.08. The molecule has 2 aromatic rings. The zero-order valence-electron chi connectivity index (χ0n) is 16.6. The number of carbonyl (C=O) groups is 2. The van der Waals surface area contributed by atoms with Gasteiger partial charge in [-0.2, -0.15) is 0 Å². The second-order valence-corrected chi connectivity index (χ2v) is 7.44. The summed E-state index contributed by atoms with van der Waals surface area (Å²) in [4.78, 5) is 27.5. The van der Waals surface area contributed by atoms with Gasteiger partial charge in [0.2, 0.25) is 0 Å². The first-order valence-electron chi connectivity index (χ1n) is 9.34. The first-order valence-corrected chi connectivity index (χ1v) is 9.34. The highest BCUT2D eigenvalue weighted by molar-refractivity contribution is 6.16. The molecule has 1 atom stereocenters. The van der Waals surface area contributed by atoms with E-state index in [0.29, 0.717) is 17.0 Å². The van der Waals surface area contributed by atoms with E-state index in [1.165, 1.54) is 4.90 Å². The Kier molecular flexibility index (Phi) is 5.54. The number of hydrogen-bond acceptors (Lipinski definition) is 4. The third-order valence-corrected chi connectivity index (χ3v) is 4.82. The summed E-state index contributed by atoms with van der Waals surface area (Å²) in [6, 6.07) is 14.0. The maximum Gasteiger partial charge on any atom is 0.294 e. The van der Waals surface area contributed by atoms with Gasteiger partial charge in [-0.25, -0.2) is 0 Å². The Balaban J connectivity index is 2.20. The lowest BCUT2D eigenvalue weighted by Gasteiger charge is -2.28. The van der Waals surface area contributed by atoms with Crippen molar-refractivity contribution in [3.05, 3.63) is 71.0 Å². The fourth-order valence-corrected chi connectivity index (χ4v) is 3.60. The van der Waals surface area contributed by atoms with Gasteiger partial charge in [0.05, 0.1) is 18.7 Å². The van der Waals surface area contributed by atoms with Crippen LogP contribution >= 0.6 is 0 Å². The molecule has 3 rings (SSSR count). The number of anilines is 1. The molecule has 1 aliphatic heterocycles. The molecule has 0 saturated carbocycles. The van der Waals surface area contributed by atoms with Gasteiger partial charge in [0.15, 0.2) is 11.5 Å². The second kappa shape index (κ2) is 7.89. The third kappa shape index (κ3) is 3.52. The number of methoxy groups -OCH3 is 1. The summed E-state index contributed by atoms with van der Waals surface area (Å²) >= 11 is 0. The highest BCUT2D eigenvalue weighted by Gasteiger charge is 2.45. The van der Waals surface area contributed by atoms with Crippen LogP contribution in [-0.2, 0) is 9.59 Å². The number of aliphatic hydroxyl groups is 1. The van der Waals surface area contributed by atoms with E-state index in [9.17, 15) is 14.7 Å². The molecule has 146 valence electrons. The average Bonchev–Trinajstić information content (AvgIpc) is 2.92. The summed E-state index contributed by atoms with van der Waals surface area (Å²) in [6.45, 7) is 5.80. The van der Waals surface area contributed by atoms with E-state index >= 15 is 0 Å². The van der Waals surface area contributed by atoms with E-state index in [2.05, 4.69) is 0 Å². The topological polar surface area (TPSA) is 66.8 Å². The van der Waals surface area contributed by atoms with Crippen molar-refractivity contribution >= 4 is 17.4 Å². The largest absolute Gasteiger partial charge is 0.503 e. The van der Waals surface area contributed by atoms with Gasteiger partial charge < -0.3 is 9.84 Å². The van der Waals surface area contributed by atoms with Crippen molar-refractivity contribution in [1.29, 1.82) is 0 Å². The number of benzene rings is 2. The summed E-state index contributed by atoms with van der Waals surface area (Å²) < 4.78 is 5.49. The second-order valence-electron chi connectivity index (χ2n) is 7.44. The van der Waals surface area contributed by atoms with Crippen molar-refractivity contribution < 1.29 is 19.4 Å². The molecule has 1 amide bonds. The van der Waals surface area contributed by atoms with Crippen molar-refractivity contribution in [3.63, 3.8) is 0 Å². The van der Waals surface area contributed by atoms with E-state index in [4.69, 9.17) is 4.74 Å². The van der Waals surface area contributed by atoms with E-state index in [-0.39, 0.29) is 23.7 Å². The smallest absolute Gasteiger partial charge is 0.294 e. The van der Waals surface area contributed by atoms with Crippen molar-refractivity contribution in [2.75, 3.05) is 12.0 Å². The number of ether oxygens (including phenoxy) is 1. The van der Waals surface area contributed by atoms with E-state index < -0.39 is 17.7 Å². The number of rotatable bonds is 6. The van der Waals surface area contributed by atoms with Crippen molar-refractivity contribution in [2.45, 2.75) is 33.2 Å². The van der Waals surface area contributed by atoms with Crippen LogP contribution in [0.4, 0.5) is 5.69 Å². The first-order chi connectivity index (χ1) is 13.3. The molecule has 1 N–H and O–H groups in total. The molecule has 5 nitrogen and oxygen atoms in total. The molecule has 0 saturated heterocycles. The van der Waals surface area contributed by atoms with Gasteiger partial charge in [-0.3, -0.25) is 14.5 Å². The molecular weight excluding hydrogens is 354 g/mol. The number of amides is 1. The van der Waals surface area contributed by atoms with E-state index in [0.717, 1.165) is 5.56 Å². The zero-order valence-corrected chi connectivity index (χ0v) is 16.6. The Morgan fingerprint density at radius 1 is 1.18 bits per heavy atom. The van der Waals surface area contributed by atoms with Gasteiger partial charge in [0.25, 0.3) is 5.91 Å². The number of nitrogens with zero attached hydrogens (tertiary/aromatic N) is 1. The van der Waals surface area contributed by atoms with Crippen LogP contribution in [0.2, 0.25) is 0 Å². The van der Waals surface area contributed by atoms with Crippen LogP contribution in [0.25, 0.3) is 0 Å². The Bertz CT molecular complexity index is 945. The highest BCUT2D eigenvalue weighted by Crippen LogP contribution is 2.44. The molecular formula is C23H25NO4. The molecule has 1 aliphatic rings. The van der Waals surface area contributed by atoms with Crippen LogP contribution < -0.4 is 9.64 Å². The fraction of sp³-hybridized carbons (Fsp3) is 0.304. The molecule has 0 aromatic heterocycles. The monoisotopic (exact) mass is 379 g/mol. The van der Waals surface area contributed by atoms with Crippen LogP contribution in [0.3, 0.4) is 0 Å². The van der Waals surface area contributed by atoms with Crippen molar-refractivity contribution in [3.8, 4) is 5.75 Å². The predicted molar refractivity (Wildman–Crippen MR) is 109 cm³/mol. The van der Waals surface area contributed by atoms with Gasteiger partial charge in [-0.15, -0.1) is 0 Å². The van der Waals surface area contributed by atoms with Crippen LogP contribution in [0.1, 0.15) is 37.4 Å². The number of carbonyl (C=O) groups excluding carboxylic acids is 2. The summed E-state index contributed by atoms with van der Waals surface area (Å²) in [7, 11) is 1.55. The summed E-state index contributed by atoms with van der Waals surface area (Å²) in [6.07, 6.45) is 0.250. The molecule has 0 radical (unpaired) electrons. The highest BCUT2D eigenvalue weighted by atomic mass is 16.5. The number of hydrogen-bond donors (Lipinski definition) is 1. The van der Waals surface area contributed by atoms with Gasteiger partial charge in [-0.1, -0.05) is 44.2 Å². The average molecular weight is 379 g/mol. The molecule has 28 heavy (non-hydrogen) atoms. The minimum Gasteiger partial charge on any atom is -0.503 e. The SMILES string of the molecule is COc1ccccc1C1C(C(=O)CC(C)C)=C(O)C(=O)N1c1cccc(C)c1. The van der Waals surface area contributed by atoms with Crippen LogP contribution in [0.5, 0.6) is 5.75 Å². The molecule has 1 unspecified atom stereocenters. The number of para-hydroxylation sites is 1. The molecule has 1 heterocycles. The summed E-state index contributed by atoms with van der Waals surface area (Å²) in [5.74, 6) is -0.625. The van der Waals surface area contributed by atoms with Crippen LogP contribution in [-0.4, -0.2) is 23.9 Å². The number of aryl methyl sites for hydroxylation is 1. The van der Waals surface area contributed by atoms with Gasteiger partial charge in [-0.05, 0) is 36.6 Å². The number of Topliss-reactive ketones (excluding diaryl/α,β-unsaturated/α-hetero) is 1. The molecule has 0 spiro atoms. The van der Waals surface area contributed by atoms with Crippen LogP contribution in [0, 0.1) is 12.8 Å². The maximum atomic E-state index is 13.0. The van der Waals surface area contributed by atoms with Crippen molar-refractivity contribution in [2.24, 2.45) is 5.92 Å². The number of ketones is 1. The standard InChI is InChI=1S/C23H25NO4/c1-14(2)12-18(25)20-21(17-10-5-6-11-19(17)28-4)24(23(27)22(20)26)16-9-7-8-15(3)13-16/h5-11,13-14,21,26H,12H2,1-4H3. The molecule has 2 aromatic carbocycles. The van der Waals surface area contributed by atoms with Crippen LogP contribution in [0.15, 0.2) is 59.9 Å². The van der Waals surface area contributed by atoms with Gasteiger partial charge in [0, 0.05) is 17.7 Å². The summed E-state index contributed by atoms with van der Waals surface area (Å²) in [5, 5.41) is 10.7. The quantitative estimate of drug-likeness (QED) is 0.801. The lowest BCUT2D eigenvalue weighted by Crippen LogP contribution is -2.31. The Morgan fingerprint density at radius 3 is 2.54 bits per heavy atom. The fourth-order valence-electron chi connectivity index (χ4n) is 3.60. The van der Waals surface area contributed by atoms with Gasteiger partial charge >= 0.3 is 0 Å². The third-order valence-electron chi connectivity index (χ3n) is 4.82. The predicted octanol–water partition coefficient (Wildman–Crippen LogP) is 4.52. The summed E-state index contributed by atoms with van der Waals surface area (Å²) in [5.41, 5.74) is 2.39. The Labute approximate surface area is 165 Å². The Morgan fingerprint density at radius 2 is 1.89 bits per heavy atom. The minimum atomic E-state index is -0.739. The lowest BCUT2D eigenvalue weighted by molar-refractivity contribution is -0.118. The number of aliphatic hydroxyl groups excluding tert-OH is 1.